The largest absolute Gasteiger partial charge is 0.370 e. The molecule has 0 saturated carbocycles. The first-order valence-corrected chi connectivity index (χ1v) is 29.4. The van der Waals surface area contributed by atoms with Crippen LogP contribution in [0.1, 0.15) is 64.6 Å². The maximum atomic E-state index is 13.2. The quantitative estimate of drug-likeness (QED) is 0.126. The lowest BCUT2D eigenvalue weighted by molar-refractivity contribution is 0.214. The minimum atomic E-state index is -0.502. The number of amides is 4. The molecule has 2 aromatic carbocycles. The Balaban J connectivity index is 0.000000163. The van der Waals surface area contributed by atoms with Crippen LogP contribution in [-0.4, -0.2) is 147 Å². The van der Waals surface area contributed by atoms with Crippen molar-refractivity contribution in [3.8, 4) is 0 Å². The predicted molar refractivity (Wildman–Crippen MR) is 332 cm³/mol. The number of nitrogens with one attached hydrogen (secondary N) is 4. The Bertz CT molecular complexity index is 2790. The van der Waals surface area contributed by atoms with E-state index < -0.39 is 11.6 Å². The van der Waals surface area contributed by atoms with E-state index in [1.165, 1.54) is 71.0 Å². The van der Waals surface area contributed by atoms with Gasteiger partial charge in [0, 0.05) is 170 Å². The van der Waals surface area contributed by atoms with Crippen molar-refractivity contribution in [1.82, 2.24) is 40.4 Å². The van der Waals surface area contributed by atoms with Gasteiger partial charge in [-0.1, -0.05) is 34.8 Å². The number of urea groups is 2. The summed E-state index contributed by atoms with van der Waals surface area (Å²) in [7, 11) is 0. The van der Waals surface area contributed by atoms with E-state index >= 15 is 0 Å². The fourth-order valence-electron chi connectivity index (χ4n) is 10.9. The lowest BCUT2D eigenvalue weighted by Gasteiger charge is -2.26. The summed E-state index contributed by atoms with van der Waals surface area (Å²) in [5, 5.41) is 13.1. The first kappa shape index (κ1) is 63.0. The van der Waals surface area contributed by atoms with Gasteiger partial charge in [-0.3, -0.25) is 19.9 Å². The summed E-state index contributed by atoms with van der Waals surface area (Å²) in [6, 6.07) is 7.95. The number of carbonyl (C=O) groups is 2. The van der Waals surface area contributed by atoms with Crippen LogP contribution in [0.25, 0.3) is 0 Å². The van der Waals surface area contributed by atoms with Gasteiger partial charge >= 0.3 is 12.1 Å². The molecule has 4 amide bonds. The molecule has 4 aromatic heterocycles. The van der Waals surface area contributed by atoms with E-state index in [0.717, 1.165) is 136 Å². The minimum Gasteiger partial charge on any atom is -0.370 e. The summed E-state index contributed by atoms with van der Waals surface area (Å²) in [6.45, 7) is 29.1. The van der Waals surface area contributed by atoms with Gasteiger partial charge in [0.15, 0.2) is 0 Å². The van der Waals surface area contributed by atoms with Gasteiger partial charge in [0.2, 0.25) is 0 Å². The highest BCUT2D eigenvalue weighted by atomic mass is 35.5. The first-order chi connectivity index (χ1) is 39.5. The number of anilines is 6. The molecule has 6 aromatic rings. The highest BCUT2D eigenvalue weighted by molar-refractivity contribution is 6.33. The summed E-state index contributed by atoms with van der Waals surface area (Å²) >= 11 is 17.7. The van der Waals surface area contributed by atoms with Gasteiger partial charge in [-0.25, -0.2) is 18.4 Å². The van der Waals surface area contributed by atoms with Crippen molar-refractivity contribution in [3.05, 3.63) is 152 Å². The zero-order chi connectivity index (χ0) is 58.7. The van der Waals surface area contributed by atoms with Crippen molar-refractivity contribution >= 4 is 81.0 Å². The molecule has 82 heavy (non-hydrogen) atoms. The highest BCUT2D eigenvalue weighted by Crippen LogP contribution is 2.30. The van der Waals surface area contributed by atoms with Crippen molar-refractivity contribution in [3.63, 3.8) is 0 Å². The Morgan fingerprint density at radius 1 is 0.402 bits per heavy atom. The molecule has 0 spiro atoms. The van der Waals surface area contributed by atoms with E-state index in [9.17, 15) is 18.4 Å². The number of hydrogen-bond donors (Lipinski definition) is 4. The van der Waals surface area contributed by atoms with Crippen molar-refractivity contribution < 1.29 is 18.4 Å². The van der Waals surface area contributed by atoms with Crippen molar-refractivity contribution in [2.45, 2.75) is 74.1 Å². The molecule has 4 fully saturated rings. The molecular weight excluding hydrogens is 1110 g/mol. The van der Waals surface area contributed by atoms with Crippen molar-refractivity contribution in [2.75, 3.05) is 135 Å². The maximum Gasteiger partial charge on any atom is 0.321 e. The van der Waals surface area contributed by atoms with Crippen LogP contribution in [0.2, 0.25) is 15.1 Å². The smallest absolute Gasteiger partial charge is 0.321 e. The van der Waals surface area contributed by atoms with Gasteiger partial charge in [-0.2, -0.15) is 0 Å². The second-order valence-electron chi connectivity index (χ2n) is 21.1. The average Bonchev–Trinajstić information content (AvgIpc) is 4.09. The molecule has 4 N–H and O–H groups in total. The van der Waals surface area contributed by atoms with Gasteiger partial charge < -0.3 is 50.7 Å². The number of nitrogens with zero attached hydrogens (tertiary/aromatic N) is 10. The molecule has 21 heteroatoms. The molecule has 4 saturated heterocycles. The van der Waals surface area contributed by atoms with E-state index in [4.69, 9.17) is 34.8 Å². The number of benzene rings is 2. The molecule has 4 aliphatic heterocycles. The Hall–Kier alpha value is -6.57. The van der Waals surface area contributed by atoms with Gasteiger partial charge in [-0.05, 0) is 163 Å². The number of carbonyl (C=O) groups excluding carboxylic acids is 2. The minimum absolute atomic E-state index is 0.00604. The molecule has 0 unspecified atom stereocenters. The Labute approximate surface area is 497 Å². The van der Waals surface area contributed by atoms with Gasteiger partial charge in [-0.15, -0.1) is 0 Å². The molecule has 0 bridgehead atoms. The highest BCUT2D eigenvalue weighted by Gasteiger charge is 2.24. The van der Waals surface area contributed by atoms with Crippen LogP contribution in [0.3, 0.4) is 0 Å². The molecule has 0 atom stereocenters. The van der Waals surface area contributed by atoms with E-state index in [0.29, 0.717) is 37.6 Å². The summed E-state index contributed by atoms with van der Waals surface area (Å²) in [5.41, 5.74) is 14.2. The zero-order valence-corrected chi connectivity index (χ0v) is 50.7. The van der Waals surface area contributed by atoms with Crippen LogP contribution in [0.5, 0.6) is 0 Å². The molecule has 10 rings (SSSR count). The molecule has 0 radical (unpaired) electrons. The van der Waals surface area contributed by atoms with Gasteiger partial charge in [0.1, 0.15) is 11.6 Å². The third kappa shape index (κ3) is 17.7. The molecule has 8 heterocycles. The van der Waals surface area contributed by atoms with Gasteiger partial charge in [0.05, 0.1) is 20.8 Å². The number of rotatable bonds is 6. The van der Waals surface area contributed by atoms with Crippen molar-refractivity contribution in [2.24, 2.45) is 0 Å². The SMILES string of the molecule is Cc1cncc(C)c1N1CCCN(C(=O)Nc2ccc(F)c(Cl)c2)CC1.Cc1cncc(C)c1N1CCCN(C(=O)Nc2ccc(F)c(Cl)c2)CC1.Cc1cncc(C)c1N1CCCNCC1.Cc1cncc(Cl)c1N1CCCNCC1. The third-order valence-corrected chi connectivity index (χ3v) is 15.6. The number of aromatic nitrogens is 4. The van der Waals surface area contributed by atoms with Crippen LogP contribution in [0, 0.1) is 60.1 Å². The van der Waals surface area contributed by atoms with Crippen LogP contribution in [0.15, 0.2) is 86.0 Å². The number of halogens is 5. The first-order valence-electron chi connectivity index (χ1n) is 28.3. The topological polar surface area (TPSA) is 153 Å². The second-order valence-corrected chi connectivity index (χ2v) is 22.3. The van der Waals surface area contributed by atoms with Crippen LogP contribution in [0.4, 0.5) is 52.5 Å². The summed E-state index contributed by atoms with van der Waals surface area (Å²) in [4.78, 5) is 54.9. The molecule has 16 nitrogen and oxygen atoms in total. The Kier molecular flexibility index (Phi) is 24.0. The Morgan fingerprint density at radius 3 is 1.10 bits per heavy atom. The number of pyridine rings is 4. The Morgan fingerprint density at radius 2 is 0.732 bits per heavy atom. The van der Waals surface area contributed by atoms with Gasteiger partial charge in [0.25, 0.3) is 0 Å². The maximum absolute atomic E-state index is 13.2. The zero-order valence-electron chi connectivity index (χ0n) is 48.4. The lowest BCUT2D eigenvalue weighted by Crippen LogP contribution is -2.38. The van der Waals surface area contributed by atoms with E-state index in [2.05, 4.69) is 109 Å². The number of hydrogen-bond acceptors (Lipinski definition) is 12. The van der Waals surface area contributed by atoms with E-state index in [1.807, 2.05) is 43.4 Å². The van der Waals surface area contributed by atoms with Crippen LogP contribution in [-0.2, 0) is 0 Å². The van der Waals surface area contributed by atoms with Crippen LogP contribution >= 0.6 is 34.8 Å². The van der Waals surface area contributed by atoms with Crippen LogP contribution < -0.4 is 40.9 Å². The lowest BCUT2D eigenvalue weighted by atomic mass is 10.1. The molecule has 4 aliphatic rings. The molecule has 0 aliphatic carbocycles. The molecule has 440 valence electrons. The summed E-state index contributed by atoms with van der Waals surface area (Å²) < 4.78 is 26.5. The monoisotopic (exact) mass is 1180 g/mol. The summed E-state index contributed by atoms with van der Waals surface area (Å²) in [5.74, 6) is -1.00. The van der Waals surface area contributed by atoms with E-state index in [1.54, 1.807) is 16.0 Å². The second kappa shape index (κ2) is 31.2. The summed E-state index contributed by atoms with van der Waals surface area (Å²) in [6.07, 6.45) is 19.1. The average molecular weight is 1180 g/mol. The van der Waals surface area contributed by atoms with E-state index in [-0.39, 0.29) is 22.1 Å². The third-order valence-electron chi connectivity index (χ3n) is 14.8. The normalized spacial score (nSPS) is 15.9. The standard InChI is InChI=1S/2C19H22ClFN4O.C12H19N3.C11H16ClN3/c2*1-13-11-22-12-14(2)18(13)24-6-3-7-25(9-8-24)19(26)23-15-4-5-17(21)16(20)10-15;1-10-8-14-9-11(2)12(10)15-6-3-4-13-5-7-15;1-9-7-14-8-10(12)11(9)15-5-2-3-13-4-6-15/h2*4-5,10-12H,3,6-9H2,1-2H3,(H,23,26);8-9,13H,3-7H2,1-2H3;7-8,13H,2-6H2,1H3. The fourth-order valence-corrected chi connectivity index (χ4v) is 11.6. The number of aryl methyl sites for hydroxylation is 7. The fraction of sp³-hybridized carbons (Fsp3) is 0.443. The molecular formula is C61H79Cl3F2N14O2. The van der Waals surface area contributed by atoms with Crippen molar-refractivity contribution in [1.29, 1.82) is 0 Å². The predicted octanol–water partition coefficient (Wildman–Crippen LogP) is 11.8.